The number of ether oxygens (including phenoxy) is 2. The first kappa shape index (κ1) is 27.9. The molecule has 1 aromatic rings. The number of nitrogens with zero attached hydrogens (tertiary/aromatic N) is 2. The zero-order valence-corrected chi connectivity index (χ0v) is 19.5. The first-order valence-electron chi connectivity index (χ1n) is 9.73. The minimum Gasteiger partial charge on any atom is -0.387 e. The summed E-state index contributed by atoms with van der Waals surface area (Å²) in [5, 5.41) is 39.7. The van der Waals surface area contributed by atoms with Crippen LogP contribution in [0.2, 0.25) is 0 Å². The molecule has 8 N–H and O–H groups in total. The molecule has 0 radical (unpaired) electrons. The van der Waals surface area contributed by atoms with Crippen molar-refractivity contribution in [3.8, 4) is 0 Å². The van der Waals surface area contributed by atoms with Gasteiger partial charge in [0.05, 0.1) is 6.61 Å². The summed E-state index contributed by atoms with van der Waals surface area (Å²) in [6, 6.07) is 1.21. The number of nitrogen functional groups attached to an aromatic ring is 1. The van der Waals surface area contributed by atoms with E-state index in [1.165, 1.54) is 6.07 Å². The van der Waals surface area contributed by atoms with E-state index in [1.807, 2.05) is 0 Å². The number of phosphoric acid groups is 2. The maximum Gasteiger partial charge on any atom is 0.483 e. The Morgan fingerprint density at radius 1 is 1.09 bits per heavy atom. The summed E-state index contributed by atoms with van der Waals surface area (Å²) in [5.74, 6) is -1.05. The van der Waals surface area contributed by atoms with Gasteiger partial charge in [-0.2, -0.15) is 9.29 Å². The Hall–Kier alpha value is -1.63. The lowest BCUT2D eigenvalue weighted by Crippen LogP contribution is -2.54. The quantitative estimate of drug-likeness (QED) is 0.157. The minimum absolute atomic E-state index is 0.116. The highest BCUT2D eigenvalue weighted by atomic mass is 31.3. The smallest absolute Gasteiger partial charge is 0.387 e. The number of rotatable bonds is 8. The number of ketones is 1. The van der Waals surface area contributed by atoms with Crippen LogP contribution in [0.3, 0.4) is 0 Å². The van der Waals surface area contributed by atoms with Gasteiger partial charge in [-0.3, -0.25) is 18.4 Å². The summed E-state index contributed by atoms with van der Waals surface area (Å²) in [7, 11) is -10.9. The molecular weight excluding hydrogens is 524 g/mol. The molecule has 3 rings (SSSR count). The van der Waals surface area contributed by atoms with Crippen LogP contribution in [0.15, 0.2) is 17.1 Å². The van der Waals surface area contributed by atoms with Gasteiger partial charge in [-0.15, -0.1) is 0 Å². The van der Waals surface area contributed by atoms with Crippen LogP contribution >= 0.6 is 15.6 Å². The molecule has 0 saturated carbocycles. The van der Waals surface area contributed by atoms with Crippen LogP contribution in [-0.2, 0) is 36.8 Å². The summed E-state index contributed by atoms with van der Waals surface area (Å²) >= 11 is 0. The predicted molar refractivity (Wildman–Crippen MR) is 108 cm³/mol. The lowest BCUT2D eigenvalue weighted by Gasteiger charge is -2.34. The van der Waals surface area contributed by atoms with Crippen molar-refractivity contribution in [1.29, 1.82) is 0 Å². The molecule has 1 aromatic heterocycles. The van der Waals surface area contributed by atoms with Gasteiger partial charge in [0, 0.05) is 6.20 Å². The van der Waals surface area contributed by atoms with Crippen LogP contribution in [0.1, 0.15) is 13.2 Å². The number of aliphatic hydroxyl groups is 4. The second kappa shape index (κ2) is 10.4. The van der Waals surface area contributed by atoms with E-state index in [4.69, 9.17) is 15.2 Å². The molecule has 198 valence electrons. The van der Waals surface area contributed by atoms with Gasteiger partial charge in [0.2, 0.25) is 0 Å². The van der Waals surface area contributed by atoms with Gasteiger partial charge in [0.25, 0.3) is 0 Å². The third-order valence-electron chi connectivity index (χ3n) is 4.94. The molecule has 18 nitrogen and oxygen atoms in total. The lowest BCUT2D eigenvalue weighted by molar-refractivity contribution is -0.226. The monoisotopic (exact) mass is 547 g/mol. The SMILES string of the molecule is C[C@H]1O[C@H](OP(=O)(O)OP(=O)(O)OC[C@H]2O[C@@H](n3ccc(N)nc3=O)[C@H](O)[C@@H]2O)[C@H](O)[C@@H](O)C1=O. The van der Waals surface area contributed by atoms with E-state index in [0.717, 1.165) is 17.7 Å². The van der Waals surface area contributed by atoms with Crippen molar-refractivity contribution >= 4 is 27.2 Å². The average molecular weight is 547 g/mol. The zero-order valence-electron chi connectivity index (χ0n) is 17.7. The fourth-order valence-corrected chi connectivity index (χ4v) is 5.34. The van der Waals surface area contributed by atoms with Crippen LogP contribution in [0.4, 0.5) is 5.82 Å². The Morgan fingerprint density at radius 3 is 2.37 bits per heavy atom. The number of aromatic nitrogens is 2. The van der Waals surface area contributed by atoms with E-state index in [1.54, 1.807) is 0 Å². The highest BCUT2D eigenvalue weighted by molar-refractivity contribution is 7.61. The van der Waals surface area contributed by atoms with E-state index in [2.05, 4.69) is 18.3 Å². The van der Waals surface area contributed by atoms with E-state index in [-0.39, 0.29) is 5.82 Å². The Bertz CT molecular complexity index is 1100. The Morgan fingerprint density at radius 2 is 1.74 bits per heavy atom. The lowest BCUT2D eigenvalue weighted by atomic mass is 10.0. The second-order valence-corrected chi connectivity index (χ2v) is 10.5. The largest absolute Gasteiger partial charge is 0.483 e. The molecule has 35 heavy (non-hydrogen) atoms. The van der Waals surface area contributed by atoms with E-state index >= 15 is 0 Å². The highest BCUT2D eigenvalue weighted by Crippen LogP contribution is 2.61. The third-order valence-corrected chi connectivity index (χ3v) is 7.54. The Kier molecular flexibility index (Phi) is 8.30. The van der Waals surface area contributed by atoms with Crippen LogP contribution in [-0.4, -0.2) is 95.1 Å². The zero-order chi connectivity index (χ0) is 26.3. The van der Waals surface area contributed by atoms with E-state index in [0.29, 0.717) is 0 Å². The molecule has 0 spiro atoms. The molecule has 2 aliphatic heterocycles. The number of anilines is 1. The maximum atomic E-state index is 12.1. The van der Waals surface area contributed by atoms with Gasteiger partial charge in [-0.05, 0) is 13.0 Å². The topological polar surface area (TPSA) is 280 Å². The number of aliphatic hydroxyl groups excluding tert-OH is 4. The molecule has 2 aliphatic rings. The van der Waals surface area contributed by atoms with E-state index in [9.17, 15) is 48.9 Å². The third kappa shape index (κ3) is 6.39. The number of Topliss-reactive ketones (excluding diaryl/α,β-unsaturated/α-hetero) is 1. The van der Waals surface area contributed by atoms with Gasteiger partial charge in [-0.1, -0.05) is 0 Å². The molecule has 3 heterocycles. The van der Waals surface area contributed by atoms with Crippen molar-refractivity contribution in [1.82, 2.24) is 9.55 Å². The fourth-order valence-electron chi connectivity index (χ4n) is 3.18. The number of nitrogens with two attached hydrogens (primary N) is 1. The fraction of sp³-hybridized carbons (Fsp3) is 0.667. The predicted octanol–water partition coefficient (Wildman–Crippen LogP) is -3.27. The van der Waals surface area contributed by atoms with Crippen molar-refractivity contribution < 1.29 is 67.0 Å². The molecule has 20 heteroatoms. The summed E-state index contributed by atoms with van der Waals surface area (Å²) in [6.07, 6.45) is -12.9. The molecule has 0 amide bonds. The molecule has 0 aromatic carbocycles. The molecule has 2 fully saturated rings. The van der Waals surface area contributed by atoms with Crippen molar-refractivity contribution in [2.75, 3.05) is 12.3 Å². The second-order valence-electron chi connectivity index (χ2n) is 7.49. The molecule has 0 aliphatic carbocycles. The summed E-state index contributed by atoms with van der Waals surface area (Å²) in [6.45, 7) is 0.173. The van der Waals surface area contributed by atoms with Crippen LogP contribution in [0.5, 0.6) is 0 Å². The highest BCUT2D eigenvalue weighted by Gasteiger charge is 2.49. The van der Waals surface area contributed by atoms with Gasteiger partial charge >= 0.3 is 21.3 Å². The van der Waals surface area contributed by atoms with Crippen molar-refractivity contribution in [3.05, 3.63) is 22.7 Å². The average Bonchev–Trinajstić information content (AvgIpc) is 3.02. The number of hydrogen-bond acceptors (Lipinski definition) is 15. The summed E-state index contributed by atoms with van der Waals surface area (Å²) < 4.78 is 48.2. The number of hydrogen-bond donors (Lipinski definition) is 7. The summed E-state index contributed by atoms with van der Waals surface area (Å²) in [5.41, 5.74) is 4.45. The van der Waals surface area contributed by atoms with Gasteiger partial charge < -0.3 is 45.4 Å². The molecule has 0 bridgehead atoms. The number of phosphoric ester groups is 2. The van der Waals surface area contributed by atoms with E-state index < -0.39 is 82.9 Å². The van der Waals surface area contributed by atoms with Crippen LogP contribution < -0.4 is 11.4 Å². The standard InChI is InChI=1S/C15H23N3O15P2/c1-5-8(19)10(21)12(23)14(30-5)32-35(27,28)33-34(25,26)29-4-6-9(20)11(22)13(31-6)18-3-2-7(16)17-15(18)24/h2-3,5-6,9-14,20-23H,4H2,1H3,(H,25,26)(H,27,28)(H2,16,17,24)/t5-,6-,9-,10+,11-,12-,13-,14-/m1/s1. The molecule has 2 saturated heterocycles. The molecule has 10 atom stereocenters. The van der Waals surface area contributed by atoms with Gasteiger partial charge in [0.1, 0.15) is 42.4 Å². The number of carbonyl (C=O) groups excluding carboxylic acids is 1. The molecule has 2 unspecified atom stereocenters. The minimum atomic E-state index is -5.52. The van der Waals surface area contributed by atoms with Gasteiger partial charge in [0.15, 0.2) is 18.3 Å². The number of carbonyl (C=O) groups is 1. The van der Waals surface area contributed by atoms with Gasteiger partial charge in [-0.25, -0.2) is 13.9 Å². The Labute approximate surface area is 195 Å². The normalized spacial score (nSPS) is 37.1. The van der Waals surface area contributed by atoms with Crippen molar-refractivity contribution in [2.45, 2.75) is 56.1 Å². The van der Waals surface area contributed by atoms with Crippen molar-refractivity contribution in [2.24, 2.45) is 0 Å². The molecular formula is C15H23N3O15P2. The maximum absolute atomic E-state index is 12.1. The van der Waals surface area contributed by atoms with Crippen LogP contribution in [0, 0.1) is 0 Å². The van der Waals surface area contributed by atoms with Crippen LogP contribution in [0.25, 0.3) is 0 Å². The summed E-state index contributed by atoms with van der Waals surface area (Å²) in [4.78, 5) is 46.4. The Balaban J connectivity index is 1.61. The first-order valence-corrected chi connectivity index (χ1v) is 12.7. The van der Waals surface area contributed by atoms with Crippen molar-refractivity contribution in [3.63, 3.8) is 0 Å². The first-order chi connectivity index (χ1) is 16.1.